The number of hydrogen-bond acceptors (Lipinski definition) is 4. The minimum Gasteiger partial charge on any atom is -0.369 e. The maximum Gasteiger partial charge on any atom is 0.273 e. The first-order valence-corrected chi connectivity index (χ1v) is 9.33. The van der Waals surface area contributed by atoms with Gasteiger partial charge in [-0.2, -0.15) is 0 Å². The highest BCUT2D eigenvalue weighted by Crippen LogP contribution is 2.26. The third-order valence-electron chi connectivity index (χ3n) is 4.90. The smallest absolute Gasteiger partial charge is 0.273 e. The highest BCUT2D eigenvalue weighted by Gasteiger charge is 2.29. The van der Waals surface area contributed by atoms with Gasteiger partial charge in [0.1, 0.15) is 5.69 Å². The summed E-state index contributed by atoms with van der Waals surface area (Å²) in [6, 6.07) is 11.3. The summed E-state index contributed by atoms with van der Waals surface area (Å²) in [6.45, 7) is 2.80. The van der Waals surface area contributed by atoms with Gasteiger partial charge in [-0.25, -0.2) is 0 Å². The lowest BCUT2D eigenvalue weighted by atomic mass is 9.96. The molecule has 1 aromatic carbocycles. The van der Waals surface area contributed by atoms with Gasteiger partial charge in [0.05, 0.1) is 5.92 Å². The van der Waals surface area contributed by atoms with Crippen LogP contribution in [0, 0.1) is 5.92 Å². The average molecular weight is 380 g/mol. The van der Waals surface area contributed by atoms with E-state index in [1.165, 1.54) is 6.92 Å². The summed E-state index contributed by atoms with van der Waals surface area (Å²) >= 11 is 0. The molecule has 146 valence electrons. The molecule has 3 rings (SSSR count). The van der Waals surface area contributed by atoms with Crippen molar-refractivity contribution in [2.24, 2.45) is 11.7 Å². The molecule has 7 nitrogen and oxygen atoms in total. The quantitative estimate of drug-likeness (QED) is 0.824. The van der Waals surface area contributed by atoms with Gasteiger partial charge in [-0.05, 0) is 36.1 Å². The van der Waals surface area contributed by atoms with Crippen molar-refractivity contribution in [1.29, 1.82) is 0 Å². The summed E-state index contributed by atoms with van der Waals surface area (Å²) < 4.78 is 0. The van der Waals surface area contributed by atoms with Crippen molar-refractivity contribution in [3.05, 3.63) is 53.9 Å². The Kier molecular flexibility index (Phi) is 6.03. The van der Waals surface area contributed by atoms with Gasteiger partial charge in [0.15, 0.2) is 0 Å². The number of benzene rings is 1. The molecule has 2 heterocycles. The summed E-state index contributed by atoms with van der Waals surface area (Å²) in [6.07, 6.45) is 3.04. The van der Waals surface area contributed by atoms with Crippen LogP contribution in [0.15, 0.2) is 42.6 Å². The van der Waals surface area contributed by atoms with Gasteiger partial charge >= 0.3 is 0 Å². The highest BCUT2D eigenvalue weighted by atomic mass is 16.2. The van der Waals surface area contributed by atoms with Crippen molar-refractivity contribution in [2.75, 3.05) is 13.1 Å². The monoisotopic (exact) mass is 380 g/mol. The van der Waals surface area contributed by atoms with Crippen LogP contribution in [0.1, 0.15) is 35.8 Å². The number of pyridine rings is 1. The van der Waals surface area contributed by atoms with E-state index in [1.807, 2.05) is 30.3 Å². The summed E-state index contributed by atoms with van der Waals surface area (Å²) in [4.78, 5) is 41.8. The van der Waals surface area contributed by atoms with Gasteiger partial charge in [0, 0.05) is 38.3 Å². The summed E-state index contributed by atoms with van der Waals surface area (Å²) in [5.74, 6) is -0.985. The molecule has 28 heavy (non-hydrogen) atoms. The van der Waals surface area contributed by atoms with Gasteiger partial charge in [-0.15, -0.1) is 0 Å². The predicted molar refractivity (Wildman–Crippen MR) is 105 cm³/mol. The molecule has 3 amide bonds. The number of likely N-dealkylation sites (tertiary alicyclic amines) is 1. The number of rotatable bonds is 5. The SMILES string of the molecule is CC(=O)NCc1cccc(-c2cccnc2C(=O)N2CCC[C@@H](C(N)=O)C2)c1. The number of piperidine rings is 1. The lowest BCUT2D eigenvalue weighted by Crippen LogP contribution is -2.44. The van der Waals surface area contributed by atoms with E-state index >= 15 is 0 Å². The van der Waals surface area contributed by atoms with Crippen LogP contribution < -0.4 is 11.1 Å². The minimum atomic E-state index is -0.371. The molecule has 1 fully saturated rings. The molecular formula is C21H24N4O3. The zero-order valence-corrected chi connectivity index (χ0v) is 15.9. The molecule has 1 aliphatic heterocycles. The Balaban J connectivity index is 1.87. The number of primary amides is 1. The fraction of sp³-hybridized carbons (Fsp3) is 0.333. The van der Waals surface area contributed by atoms with Crippen molar-refractivity contribution in [3.8, 4) is 11.1 Å². The van der Waals surface area contributed by atoms with Crippen LogP contribution in [-0.2, 0) is 16.1 Å². The van der Waals surface area contributed by atoms with E-state index in [2.05, 4.69) is 10.3 Å². The number of amides is 3. The van der Waals surface area contributed by atoms with Crippen LogP contribution in [0.4, 0.5) is 0 Å². The van der Waals surface area contributed by atoms with Gasteiger partial charge in [0.25, 0.3) is 5.91 Å². The van der Waals surface area contributed by atoms with E-state index in [0.29, 0.717) is 31.7 Å². The second-order valence-corrected chi connectivity index (χ2v) is 7.00. The molecule has 1 atom stereocenters. The number of hydrogen-bond donors (Lipinski definition) is 2. The maximum absolute atomic E-state index is 13.1. The second-order valence-electron chi connectivity index (χ2n) is 7.00. The molecule has 0 bridgehead atoms. The Morgan fingerprint density at radius 2 is 2.07 bits per heavy atom. The van der Waals surface area contributed by atoms with E-state index in [0.717, 1.165) is 23.1 Å². The number of nitrogens with zero attached hydrogens (tertiary/aromatic N) is 2. The largest absolute Gasteiger partial charge is 0.369 e. The Labute approximate surface area is 163 Å². The van der Waals surface area contributed by atoms with E-state index in [4.69, 9.17) is 5.73 Å². The van der Waals surface area contributed by atoms with Crippen LogP contribution >= 0.6 is 0 Å². The average Bonchev–Trinajstić information content (AvgIpc) is 2.72. The minimum absolute atomic E-state index is 0.100. The predicted octanol–water partition coefficient (Wildman–Crippen LogP) is 1.72. The molecule has 0 radical (unpaired) electrons. The van der Waals surface area contributed by atoms with Crippen LogP contribution in [0.2, 0.25) is 0 Å². The molecule has 2 aromatic rings. The van der Waals surface area contributed by atoms with Gasteiger partial charge < -0.3 is 16.0 Å². The molecule has 1 aliphatic rings. The van der Waals surface area contributed by atoms with E-state index in [9.17, 15) is 14.4 Å². The number of nitrogens with one attached hydrogen (secondary N) is 1. The van der Waals surface area contributed by atoms with Crippen molar-refractivity contribution in [1.82, 2.24) is 15.2 Å². The number of nitrogens with two attached hydrogens (primary N) is 1. The lowest BCUT2D eigenvalue weighted by Gasteiger charge is -2.31. The zero-order chi connectivity index (χ0) is 20.1. The van der Waals surface area contributed by atoms with Crippen molar-refractivity contribution in [2.45, 2.75) is 26.3 Å². The topological polar surface area (TPSA) is 105 Å². The Bertz CT molecular complexity index is 897. The van der Waals surface area contributed by atoms with Gasteiger partial charge in [-0.3, -0.25) is 19.4 Å². The van der Waals surface area contributed by atoms with Crippen LogP contribution in [-0.4, -0.2) is 40.7 Å². The van der Waals surface area contributed by atoms with E-state index < -0.39 is 0 Å². The van der Waals surface area contributed by atoms with Crippen molar-refractivity contribution in [3.63, 3.8) is 0 Å². The fourth-order valence-electron chi connectivity index (χ4n) is 3.43. The Morgan fingerprint density at radius 1 is 1.25 bits per heavy atom. The first-order valence-electron chi connectivity index (χ1n) is 9.33. The Hall–Kier alpha value is -3.22. The normalized spacial score (nSPS) is 16.5. The standard InChI is InChI=1S/C21H24N4O3/c1-14(26)24-12-15-5-2-6-16(11-15)18-8-3-9-23-19(18)21(28)25-10-4-7-17(13-25)20(22)27/h2-3,5-6,8-9,11,17H,4,7,10,12-13H2,1H3,(H2,22,27)(H,24,26)/t17-/m1/s1. The lowest BCUT2D eigenvalue weighted by molar-refractivity contribution is -0.123. The summed E-state index contributed by atoms with van der Waals surface area (Å²) in [7, 11) is 0. The second kappa shape index (κ2) is 8.65. The molecule has 1 aromatic heterocycles. The third-order valence-corrected chi connectivity index (χ3v) is 4.90. The number of carbonyl (C=O) groups is 3. The molecule has 3 N–H and O–H groups in total. The van der Waals surface area contributed by atoms with Crippen LogP contribution in [0.5, 0.6) is 0 Å². The molecule has 1 saturated heterocycles. The highest BCUT2D eigenvalue weighted by molar-refractivity contribution is 5.99. The fourth-order valence-corrected chi connectivity index (χ4v) is 3.43. The van der Waals surface area contributed by atoms with E-state index in [1.54, 1.807) is 17.2 Å². The molecular weight excluding hydrogens is 356 g/mol. The van der Waals surface area contributed by atoms with Crippen molar-refractivity contribution >= 4 is 17.7 Å². The van der Waals surface area contributed by atoms with Crippen LogP contribution in [0.3, 0.4) is 0 Å². The summed E-state index contributed by atoms with van der Waals surface area (Å²) in [5.41, 5.74) is 8.29. The van der Waals surface area contributed by atoms with E-state index in [-0.39, 0.29) is 23.6 Å². The van der Waals surface area contributed by atoms with Gasteiger partial charge in [-0.1, -0.05) is 24.3 Å². The molecule has 7 heteroatoms. The first kappa shape index (κ1) is 19.5. The van der Waals surface area contributed by atoms with Crippen molar-refractivity contribution < 1.29 is 14.4 Å². The maximum atomic E-state index is 13.1. The number of carbonyl (C=O) groups excluding carboxylic acids is 3. The molecule has 0 aliphatic carbocycles. The number of aromatic nitrogens is 1. The van der Waals surface area contributed by atoms with Crippen LogP contribution in [0.25, 0.3) is 11.1 Å². The molecule has 0 saturated carbocycles. The zero-order valence-electron chi connectivity index (χ0n) is 15.9. The first-order chi connectivity index (χ1) is 13.5. The molecule has 0 unspecified atom stereocenters. The summed E-state index contributed by atoms with van der Waals surface area (Å²) in [5, 5.41) is 2.77. The Morgan fingerprint density at radius 3 is 2.82 bits per heavy atom. The molecule has 0 spiro atoms. The third kappa shape index (κ3) is 4.54. The van der Waals surface area contributed by atoms with Gasteiger partial charge in [0.2, 0.25) is 11.8 Å².